The normalized spacial score (nSPS) is 10.7. The first-order valence-electron chi connectivity index (χ1n) is 4.26. The number of rotatable bonds is 0. The van der Waals surface area contributed by atoms with Gasteiger partial charge in [-0.2, -0.15) is 0 Å². The van der Waals surface area contributed by atoms with Gasteiger partial charge in [-0.05, 0) is 0 Å². The Morgan fingerprint density at radius 2 is 0.842 bits per heavy atom. The Kier molecular flexibility index (Phi) is 4.58. The van der Waals surface area contributed by atoms with Crippen LogP contribution in [0.2, 0.25) is 5.02 Å². The third kappa shape index (κ3) is 2.15. The van der Waals surface area contributed by atoms with Gasteiger partial charge in [0.2, 0.25) is 0 Å². The smallest absolute Gasteiger partial charge is 1.00 e. The molecule has 2 aromatic carbocycles. The van der Waals surface area contributed by atoms with Gasteiger partial charge in [0, 0.05) is 5.39 Å². The first-order chi connectivity index (χ1) is 8.29. The molecule has 0 spiro atoms. The summed E-state index contributed by atoms with van der Waals surface area (Å²) in [7, 11) is 0. The zero-order chi connectivity index (χ0) is 13.8. The number of benzene rings is 2. The number of fused-ring (bicyclic) bond motifs is 1. The van der Waals surface area contributed by atoms with Gasteiger partial charge in [-0.3, -0.25) is 0 Å². The van der Waals surface area contributed by atoms with Crippen LogP contribution in [-0.4, -0.2) is 23.1 Å². The second-order valence-corrected chi connectivity index (χ2v) is 3.64. The molecule has 0 heterocycles. The average molecular weight is 315 g/mol. The number of hydrogen-bond donors (Lipinski definition) is 0. The summed E-state index contributed by atoms with van der Waals surface area (Å²) in [5.74, 6) is -15.4. The SMILES string of the molecule is Fc1c(F)c(F)c2c(Cl)c(F)c(F)c(F)c2c1F.[H-].[H-].[Mg+2]. The Morgan fingerprint density at radius 1 is 0.526 bits per heavy atom. The van der Waals surface area contributed by atoms with Gasteiger partial charge in [0.05, 0.1) is 10.4 Å². The molecule has 0 N–H and O–H groups in total. The fourth-order valence-corrected chi connectivity index (χ4v) is 1.72. The topological polar surface area (TPSA) is 0 Å². The molecule has 19 heavy (non-hydrogen) atoms. The predicted octanol–water partition coefficient (Wildman–Crippen LogP) is 4.31. The Hall–Kier alpha value is -0.734. The first kappa shape index (κ1) is 16.3. The fraction of sp³-hybridized carbons (Fsp3) is 0. The molecule has 9 heteroatoms. The molecule has 2 aromatic rings. The molecule has 0 fully saturated rings. The van der Waals surface area contributed by atoms with Gasteiger partial charge in [-0.15, -0.1) is 0 Å². The van der Waals surface area contributed by atoms with Crippen LogP contribution in [0.1, 0.15) is 2.85 Å². The van der Waals surface area contributed by atoms with Crippen molar-refractivity contribution >= 4 is 45.4 Å². The molecule has 0 atom stereocenters. The maximum atomic E-state index is 13.3. The van der Waals surface area contributed by atoms with E-state index in [2.05, 4.69) is 0 Å². The van der Waals surface area contributed by atoms with Crippen molar-refractivity contribution in [2.45, 2.75) is 0 Å². The molecule has 0 unspecified atom stereocenters. The maximum Gasteiger partial charge on any atom is 2.00 e. The van der Waals surface area contributed by atoms with Crippen LogP contribution in [0.25, 0.3) is 10.8 Å². The molecule has 0 bridgehead atoms. The van der Waals surface area contributed by atoms with Crippen molar-refractivity contribution in [1.29, 1.82) is 0 Å². The molecule has 2 rings (SSSR count). The van der Waals surface area contributed by atoms with Crippen LogP contribution in [0.3, 0.4) is 0 Å². The second-order valence-electron chi connectivity index (χ2n) is 3.26. The molecule has 0 saturated carbocycles. The van der Waals surface area contributed by atoms with E-state index in [4.69, 9.17) is 11.6 Å². The van der Waals surface area contributed by atoms with Crippen LogP contribution in [0.5, 0.6) is 0 Å². The van der Waals surface area contributed by atoms with Gasteiger partial charge in [0.25, 0.3) is 0 Å². The van der Waals surface area contributed by atoms with Gasteiger partial charge < -0.3 is 2.85 Å². The third-order valence-corrected chi connectivity index (χ3v) is 2.64. The monoisotopic (exact) mass is 314 g/mol. The summed E-state index contributed by atoms with van der Waals surface area (Å²) >= 11 is 5.13. The largest absolute Gasteiger partial charge is 2.00 e. The van der Waals surface area contributed by atoms with Gasteiger partial charge in [0.1, 0.15) is 0 Å². The van der Waals surface area contributed by atoms with Crippen LogP contribution in [-0.2, 0) is 0 Å². The Balaban J connectivity index is 0. The van der Waals surface area contributed by atoms with Crippen molar-refractivity contribution in [3.63, 3.8) is 0 Å². The molecule has 0 aliphatic rings. The Bertz CT molecular complexity index is 582. The van der Waals surface area contributed by atoms with Crippen molar-refractivity contribution < 1.29 is 33.6 Å². The van der Waals surface area contributed by atoms with Crippen LogP contribution >= 0.6 is 11.6 Å². The second kappa shape index (κ2) is 5.33. The van der Waals surface area contributed by atoms with Gasteiger partial charge in [0.15, 0.2) is 40.7 Å². The maximum absolute atomic E-state index is 13.3. The van der Waals surface area contributed by atoms with E-state index < -0.39 is 56.5 Å². The molecule has 0 saturated heterocycles. The molecule has 0 aromatic heterocycles. The van der Waals surface area contributed by atoms with E-state index in [-0.39, 0.29) is 25.9 Å². The van der Waals surface area contributed by atoms with Crippen LogP contribution in [0.4, 0.5) is 30.7 Å². The summed E-state index contributed by atoms with van der Waals surface area (Å²) in [6.07, 6.45) is 0. The summed E-state index contributed by atoms with van der Waals surface area (Å²) in [4.78, 5) is 0. The quantitative estimate of drug-likeness (QED) is 0.294. The van der Waals surface area contributed by atoms with Crippen molar-refractivity contribution in [2.75, 3.05) is 0 Å². The van der Waals surface area contributed by atoms with E-state index in [0.29, 0.717) is 0 Å². The molecular weight excluding hydrogens is 313 g/mol. The predicted molar refractivity (Wildman–Crippen MR) is 56.6 cm³/mol. The van der Waals surface area contributed by atoms with Crippen LogP contribution in [0, 0.1) is 40.7 Å². The van der Waals surface area contributed by atoms with Crippen molar-refractivity contribution in [2.24, 2.45) is 0 Å². The third-order valence-electron chi connectivity index (χ3n) is 2.28. The van der Waals surface area contributed by atoms with Crippen molar-refractivity contribution in [1.82, 2.24) is 0 Å². The van der Waals surface area contributed by atoms with E-state index in [1.165, 1.54) is 0 Å². The number of hydrogen-bond acceptors (Lipinski definition) is 0. The van der Waals surface area contributed by atoms with Crippen molar-refractivity contribution in [3.05, 3.63) is 45.7 Å². The average Bonchev–Trinajstić information content (AvgIpc) is 2.35. The summed E-state index contributed by atoms with van der Waals surface area (Å²) in [5, 5.41) is -4.36. The molecule has 0 amide bonds. The minimum absolute atomic E-state index is 0. The molecule has 100 valence electrons. The zero-order valence-corrected chi connectivity index (χ0v) is 10.9. The number of halogens is 8. The molecule has 0 radical (unpaired) electrons. The Morgan fingerprint density at radius 3 is 1.26 bits per heavy atom. The minimum Gasteiger partial charge on any atom is -1.00 e. The van der Waals surface area contributed by atoms with Crippen molar-refractivity contribution in [3.8, 4) is 0 Å². The van der Waals surface area contributed by atoms with E-state index >= 15 is 0 Å². The van der Waals surface area contributed by atoms with Gasteiger partial charge in [-0.25, -0.2) is 30.7 Å². The van der Waals surface area contributed by atoms with E-state index in [1.807, 2.05) is 0 Å². The van der Waals surface area contributed by atoms with E-state index in [9.17, 15) is 30.7 Å². The van der Waals surface area contributed by atoms with Crippen LogP contribution in [0.15, 0.2) is 0 Å². The van der Waals surface area contributed by atoms with E-state index in [0.717, 1.165) is 0 Å². The summed E-state index contributed by atoms with van der Waals surface area (Å²) in [6.45, 7) is 0. The molecule has 0 nitrogen and oxygen atoms in total. The van der Waals surface area contributed by atoms with E-state index in [1.54, 1.807) is 0 Å². The van der Waals surface area contributed by atoms with Gasteiger partial charge >= 0.3 is 23.1 Å². The Labute approximate surface area is 125 Å². The molecular formula is C10H2ClF7Mg. The summed E-state index contributed by atoms with van der Waals surface area (Å²) < 4.78 is 91.4. The first-order valence-corrected chi connectivity index (χ1v) is 4.64. The summed E-state index contributed by atoms with van der Waals surface area (Å²) in [6, 6.07) is 0. The fourth-order valence-electron chi connectivity index (χ4n) is 1.46. The van der Waals surface area contributed by atoms with Gasteiger partial charge in [-0.1, -0.05) is 11.6 Å². The standard InChI is InChI=1S/C10ClF7.Mg.2H/c11-3-1-2(5(13)8(16)7(3)15)6(14)10(18)9(17)4(1)12;;;/q;+2;2*-1. The summed E-state index contributed by atoms with van der Waals surface area (Å²) in [5.41, 5.74) is 0. The zero-order valence-electron chi connectivity index (χ0n) is 10.7. The molecule has 0 aliphatic heterocycles. The minimum atomic E-state index is -2.35. The molecule has 0 aliphatic carbocycles. The van der Waals surface area contributed by atoms with Crippen LogP contribution < -0.4 is 0 Å².